The highest BCUT2D eigenvalue weighted by molar-refractivity contribution is 7.12. The molecule has 21 heavy (non-hydrogen) atoms. The number of nitrogen functional groups attached to an aromatic ring is 1. The molecule has 1 amide bonds. The lowest BCUT2D eigenvalue weighted by Gasteiger charge is -2.22. The minimum Gasteiger partial charge on any atom is -0.478 e. The second-order valence-electron chi connectivity index (χ2n) is 4.40. The third kappa shape index (κ3) is 2.87. The summed E-state index contributed by atoms with van der Waals surface area (Å²) < 4.78 is 0. The van der Waals surface area contributed by atoms with Crippen molar-refractivity contribution in [2.75, 3.05) is 17.2 Å². The van der Waals surface area contributed by atoms with E-state index in [4.69, 9.17) is 10.8 Å². The first-order chi connectivity index (χ1) is 9.95. The summed E-state index contributed by atoms with van der Waals surface area (Å²) in [5, 5.41) is 8.95. The van der Waals surface area contributed by atoms with Gasteiger partial charge in [0.25, 0.3) is 5.91 Å². The molecule has 0 fully saturated rings. The Morgan fingerprint density at radius 1 is 1.43 bits per heavy atom. The lowest BCUT2D eigenvalue weighted by Crippen LogP contribution is -2.31. The number of benzene rings is 1. The summed E-state index contributed by atoms with van der Waals surface area (Å²) >= 11 is 1.27. The molecule has 0 spiro atoms. The van der Waals surface area contributed by atoms with Gasteiger partial charge in [-0.15, -0.1) is 11.3 Å². The maximum absolute atomic E-state index is 12.6. The van der Waals surface area contributed by atoms with Gasteiger partial charge in [0.15, 0.2) is 0 Å². The molecular weight excluding hydrogens is 290 g/mol. The topological polar surface area (TPSA) is 96.5 Å². The van der Waals surface area contributed by atoms with E-state index < -0.39 is 5.97 Å². The van der Waals surface area contributed by atoms with E-state index in [9.17, 15) is 9.59 Å². The number of aromatic carboxylic acids is 1. The van der Waals surface area contributed by atoms with E-state index in [1.54, 1.807) is 18.5 Å². The second-order valence-corrected chi connectivity index (χ2v) is 5.25. The number of thiazole rings is 1. The Morgan fingerprint density at radius 2 is 2.14 bits per heavy atom. The molecule has 0 unspecified atom stereocenters. The number of hydrogen-bond acceptors (Lipinski definition) is 5. The molecule has 2 rings (SSSR count). The van der Waals surface area contributed by atoms with Crippen molar-refractivity contribution >= 4 is 34.6 Å². The number of nitrogens with two attached hydrogens (primary N) is 1. The van der Waals surface area contributed by atoms with Gasteiger partial charge in [-0.3, -0.25) is 4.79 Å². The minimum atomic E-state index is -1.05. The zero-order valence-electron chi connectivity index (χ0n) is 11.7. The predicted octanol–water partition coefficient (Wildman–Crippen LogP) is 2.40. The number of rotatable bonds is 4. The van der Waals surface area contributed by atoms with Crippen molar-refractivity contribution in [3.8, 4) is 0 Å². The van der Waals surface area contributed by atoms with Crippen molar-refractivity contribution in [2.45, 2.75) is 13.8 Å². The monoisotopic (exact) mass is 305 g/mol. The fraction of sp³-hybridized carbons (Fsp3) is 0.214. The highest BCUT2D eigenvalue weighted by Crippen LogP contribution is 2.27. The van der Waals surface area contributed by atoms with E-state index >= 15 is 0 Å². The van der Waals surface area contributed by atoms with Crippen LogP contribution in [0.4, 0.5) is 11.4 Å². The first-order valence-corrected chi connectivity index (χ1v) is 7.18. The Morgan fingerprint density at radius 3 is 2.62 bits per heavy atom. The van der Waals surface area contributed by atoms with Crippen LogP contribution in [-0.2, 0) is 0 Å². The summed E-state index contributed by atoms with van der Waals surface area (Å²) in [6.07, 6.45) is 0. The smallest absolute Gasteiger partial charge is 0.335 e. The maximum atomic E-state index is 12.6. The van der Waals surface area contributed by atoms with Gasteiger partial charge in [0.1, 0.15) is 4.88 Å². The number of nitrogens with zero attached hydrogens (tertiary/aromatic N) is 2. The molecular formula is C14H15N3O3S. The first kappa shape index (κ1) is 15.0. The Balaban J connectivity index is 2.40. The van der Waals surface area contributed by atoms with Gasteiger partial charge in [0.2, 0.25) is 0 Å². The highest BCUT2D eigenvalue weighted by Gasteiger charge is 2.22. The number of anilines is 2. The van der Waals surface area contributed by atoms with Gasteiger partial charge in [0, 0.05) is 6.54 Å². The predicted molar refractivity (Wildman–Crippen MR) is 82.0 cm³/mol. The van der Waals surface area contributed by atoms with Crippen molar-refractivity contribution in [3.63, 3.8) is 0 Å². The quantitative estimate of drug-likeness (QED) is 0.845. The Bertz CT molecular complexity index is 697. The highest BCUT2D eigenvalue weighted by atomic mass is 32.1. The normalized spacial score (nSPS) is 10.4. The van der Waals surface area contributed by atoms with E-state index in [0.717, 1.165) is 0 Å². The van der Waals surface area contributed by atoms with Gasteiger partial charge in [-0.1, -0.05) is 0 Å². The summed E-state index contributed by atoms with van der Waals surface area (Å²) in [6.45, 7) is 4.03. The number of hydrogen-bond donors (Lipinski definition) is 2. The van der Waals surface area contributed by atoms with Crippen molar-refractivity contribution < 1.29 is 14.7 Å². The fourth-order valence-corrected chi connectivity index (χ4v) is 2.74. The fourth-order valence-electron chi connectivity index (χ4n) is 1.99. The third-order valence-electron chi connectivity index (χ3n) is 3.07. The van der Waals surface area contributed by atoms with E-state index in [1.807, 2.05) is 6.92 Å². The number of carboxylic acid groups (broad SMARTS) is 1. The molecule has 7 heteroatoms. The van der Waals surface area contributed by atoms with Gasteiger partial charge in [-0.2, -0.15) is 0 Å². The Kier molecular flexibility index (Phi) is 4.23. The van der Waals surface area contributed by atoms with Crippen LogP contribution in [-0.4, -0.2) is 28.5 Å². The molecule has 0 saturated heterocycles. The van der Waals surface area contributed by atoms with Crippen molar-refractivity contribution in [3.05, 3.63) is 39.8 Å². The SMILES string of the molecule is CCN(C(=O)c1scnc1C)c1ccc(C(=O)O)cc1N. The molecule has 0 radical (unpaired) electrons. The molecule has 3 N–H and O–H groups in total. The van der Waals surface area contributed by atoms with Crippen molar-refractivity contribution in [1.29, 1.82) is 0 Å². The second kappa shape index (κ2) is 5.92. The van der Waals surface area contributed by atoms with Crippen LogP contribution >= 0.6 is 11.3 Å². The number of carbonyl (C=O) groups excluding carboxylic acids is 1. The summed E-state index contributed by atoms with van der Waals surface area (Å²) in [6, 6.07) is 4.34. The molecule has 0 atom stereocenters. The van der Waals surface area contributed by atoms with Crippen LogP contribution in [0.3, 0.4) is 0 Å². The largest absolute Gasteiger partial charge is 0.478 e. The average molecular weight is 305 g/mol. The first-order valence-electron chi connectivity index (χ1n) is 6.30. The summed E-state index contributed by atoms with van der Waals surface area (Å²) in [5.41, 5.74) is 9.03. The number of aromatic nitrogens is 1. The Labute approximate surface area is 125 Å². The summed E-state index contributed by atoms with van der Waals surface area (Å²) in [5.74, 6) is -1.24. The van der Waals surface area contributed by atoms with Crippen LogP contribution in [0.1, 0.15) is 32.6 Å². The van der Waals surface area contributed by atoms with Crippen molar-refractivity contribution in [2.24, 2.45) is 0 Å². The Hall–Kier alpha value is -2.41. The van der Waals surface area contributed by atoms with Gasteiger partial charge >= 0.3 is 5.97 Å². The van der Waals surface area contributed by atoms with Crippen LogP contribution in [0.5, 0.6) is 0 Å². The number of amides is 1. The molecule has 110 valence electrons. The third-order valence-corrected chi connectivity index (χ3v) is 3.98. The van der Waals surface area contributed by atoms with E-state index in [-0.39, 0.29) is 17.2 Å². The van der Waals surface area contributed by atoms with Gasteiger partial charge in [-0.05, 0) is 32.0 Å². The van der Waals surface area contributed by atoms with Gasteiger partial charge in [-0.25, -0.2) is 9.78 Å². The van der Waals surface area contributed by atoms with Gasteiger partial charge < -0.3 is 15.7 Å². The molecule has 1 heterocycles. The number of carbonyl (C=O) groups is 2. The molecule has 0 saturated carbocycles. The van der Waals surface area contributed by atoms with E-state index in [1.165, 1.54) is 28.4 Å². The number of aryl methyl sites for hydroxylation is 1. The average Bonchev–Trinajstić information content (AvgIpc) is 2.87. The molecule has 0 aliphatic carbocycles. The van der Waals surface area contributed by atoms with Crippen LogP contribution in [0.25, 0.3) is 0 Å². The number of carboxylic acids is 1. The van der Waals surface area contributed by atoms with Crippen LogP contribution in [0.15, 0.2) is 23.7 Å². The molecule has 1 aromatic heterocycles. The minimum absolute atomic E-state index is 0.0914. The zero-order chi connectivity index (χ0) is 15.6. The van der Waals surface area contributed by atoms with E-state index in [0.29, 0.717) is 22.8 Å². The molecule has 1 aromatic carbocycles. The zero-order valence-corrected chi connectivity index (χ0v) is 12.5. The van der Waals surface area contributed by atoms with Crippen molar-refractivity contribution in [1.82, 2.24) is 4.98 Å². The molecule has 0 aliphatic rings. The van der Waals surface area contributed by atoms with Crippen LogP contribution in [0.2, 0.25) is 0 Å². The van der Waals surface area contributed by atoms with E-state index in [2.05, 4.69) is 4.98 Å². The molecule has 0 aliphatic heterocycles. The maximum Gasteiger partial charge on any atom is 0.335 e. The van der Waals surface area contributed by atoms with Crippen LogP contribution < -0.4 is 10.6 Å². The van der Waals surface area contributed by atoms with Crippen LogP contribution in [0, 0.1) is 6.92 Å². The standard InChI is InChI=1S/C14H15N3O3S/c1-3-17(13(18)12-8(2)16-7-21-12)11-5-4-9(14(19)20)6-10(11)15/h4-7H,3,15H2,1-2H3,(H,19,20). The molecule has 2 aromatic rings. The lowest BCUT2D eigenvalue weighted by molar-refractivity contribution is 0.0697. The molecule has 0 bridgehead atoms. The summed E-state index contributed by atoms with van der Waals surface area (Å²) in [7, 11) is 0. The summed E-state index contributed by atoms with van der Waals surface area (Å²) in [4.78, 5) is 29.6. The lowest BCUT2D eigenvalue weighted by atomic mass is 10.1. The molecule has 6 nitrogen and oxygen atoms in total. The van der Waals surface area contributed by atoms with Gasteiger partial charge in [0.05, 0.1) is 28.1 Å².